The summed E-state index contributed by atoms with van der Waals surface area (Å²) in [5.41, 5.74) is -1.41. The number of sulfone groups is 1. The van der Waals surface area contributed by atoms with Crippen molar-refractivity contribution in [2.24, 2.45) is 10.2 Å². The number of rotatable bonds is 10. The molecule has 1 aromatic rings. The van der Waals surface area contributed by atoms with Gasteiger partial charge in [-0.1, -0.05) is 44.0 Å². The van der Waals surface area contributed by atoms with Crippen LogP contribution in [0, 0.1) is 0 Å². The Morgan fingerprint density at radius 2 is 1.90 bits per heavy atom. The van der Waals surface area contributed by atoms with Crippen LogP contribution in [0.3, 0.4) is 0 Å². The number of anilines is 1. The van der Waals surface area contributed by atoms with Gasteiger partial charge in [-0.3, -0.25) is 0 Å². The van der Waals surface area contributed by atoms with Gasteiger partial charge in [0.05, 0.1) is 11.3 Å². The maximum absolute atomic E-state index is 12.7. The molecule has 2 rings (SSSR count). The first-order valence-corrected chi connectivity index (χ1v) is 12.4. The molecule has 0 aliphatic carbocycles. The standard InChI is InChI=1S/C18H25F3N4O3S2/c1-2-30(27,28)11-6-4-3-5-10-15-24-25-17(29-15)23-16(26)22-14-9-7-8-13(12-14)18(19,20)21/h7-9,12,15,17H,2-6,10-11H2,1H3,(H2,22,23,26)/t15-,17-/m0/s1. The maximum Gasteiger partial charge on any atom is 0.416 e. The third kappa shape index (κ3) is 8.50. The summed E-state index contributed by atoms with van der Waals surface area (Å²) in [5.74, 6) is 0.385. The molecular formula is C18H25F3N4O3S2. The predicted molar refractivity (Wildman–Crippen MR) is 111 cm³/mol. The van der Waals surface area contributed by atoms with Crippen molar-refractivity contribution >= 4 is 33.3 Å². The van der Waals surface area contributed by atoms with Crippen LogP contribution in [0.15, 0.2) is 34.5 Å². The molecule has 2 amide bonds. The summed E-state index contributed by atoms with van der Waals surface area (Å²) in [6.45, 7) is 1.64. The molecule has 0 saturated carbocycles. The predicted octanol–water partition coefficient (Wildman–Crippen LogP) is 5.02. The Morgan fingerprint density at radius 3 is 2.60 bits per heavy atom. The number of amides is 2. The van der Waals surface area contributed by atoms with Gasteiger partial charge in [-0.2, -0.15) is 23.4 Å². The van der Waals surface area contributed by atoms with Gasteiger partial charge in [0, 0.05) is 11.4 Å². The first kappa shape index (κ1) is 24.4. The van der Waals surface area contributed by atoms with Crippen molar-refractivity contribution in [1.82, 2.24) is 5.32 Å². The molecule has 0 radical (unpaired) electrons. The van der Waals surface area contributed by atoms with Crippen LogP contribution in [0.4, 0.5) is 23.7 Å². The fourth-order valence-electron chi connectivity index (χ4n) is 2.72. The minimum absolute atomic E-state index is 0.0314. The number of azo groups is 1. The van der Waals surface area contributed by atoms with Crippen LogP contribution in [0.1, 0.15) is 44.6 Å². The first-order chi connectivity index (χ1) is 14.1. The van der Waals surface area contributed by atoms with E-state index in [1.807, 2.05) is 0 Å². The van der Waals surface area contributed by atoms with Gasteiger partial charge in [0.2, 0.25) is 0 Å². The first-order valence-electron chi connectivity index (χ1n) is 9.59. The van der Waals surface area contributed by atoms with E-state index in [0.29, 0.717) is 6.42 Å². The van der Waals surface area contributed by atoms with E-state index in [1.54, 1.807) is 6.92 Å². The van der Waals surface area contributed by atoms with Gasteiger partial charge in [0.15, 0.2) is 5.50 Å². The molecule has 0 saturated heterocycles. The Morgan fingerprint density at radius 1 is 1.17 bits per heavy atom. The van der Waals surface area contributed by atoms with Crippen molar-refractivity contribution in [2.75, 3.05) is 16.8 Å². The van der Waals surface area contributed by atoms with Crippen LogP contribution < -0.4 is 10.6 Å². The highest BCUT2D eigenvalue weighted by Crippen LogP contribution is 2.31. The lowest BCUT2D eigenvalue weighted by Gasteiger charge is -2.13. The summed E-state index contributed by atoms with van der Waals surface area (Å²) >= 11 is 1.35. The van der Waals surface area contributed by atoms with Crippen molar-refractivity contribution in [3.05, 3.63) is 29.8 Å². The van der Waals surface area contributed by atoms with Crippen LogP contribution in [0.25, 0.3) is 0 Å². The van der Waals surface area contributed by atoms with Crippen LogP contribution in [0.2, 0.25) is 0 Å². The molecule has 0 fully saturated rings. The number of hydrogen-bond donors (Lipinski definition) is 2. The molecule has 7 nitrogen and oxygen atoms in total. The second kappa shape index (κ2) is 11.0. The van der Waals surface area contributed by atoms with E-state index in [4.69, 9.17) is 0 Å². The zero-order valence-corrected chi connectivity index (χ0v) is 18.1. The van der Waals surface area contributed by atoms with Crippen LogP contribution in [-0.2, 0) is 16.0 Å². The second-order valence-electron chi connectivity index (χ2n) is 6.79. The van der Waals surface area contributed by atoms with E-state index in [1.165, 1.54) is 23.9 Å². The molecule has 0 bridgehead atoms. The van der Waals surface area contributed by atoms with Gasteiger partial charge in [-0.15, -0.1) is 0 Å². The average molecular weight is 467 g/mol. The Hall–Kier alpha value is -1.82. The molecule has 30 heavy (non-hydrogen) atoms. The van der Waals surface area contributed by atoms with Crippen molar-refractivity contribution in [1.29, 1.82) is 0 Å². The highest BCUT2D eigenvalue weighted by Gasteiger charge is 2.30. The van der Waals surface area contributed by atoms with E-state index < -0.39 is 33.1 Å². The fraction of sp³-hybridized carbons (Fsp3) is 0.611. The molecule has 0 aromatic heterocycles. The highest BCUT2D eigenvalue weighted by atomic mass is 32.2. The quantitative estimate of drug-likeness (QED) is 0.473. The molecule has 0 spiro atoms. The molecule has 168 valence electrons. The number of alkyl halides is 3. The second-order valence-corrected chi connectivity index (χ2v) is 10.5. The minimum atomic E-state index is -4.48. The normalized spacial score (nSPS) is 19.1. The number of nitrogens with one attached hydrogen (secondary N) is 2. The number of unbranched alkanes of at least 4 members (excludes halogenated alkanes) is 3. The number of benzene rings is 1. The molecule has 12 heteroatoms. The zero-order chi connectivity index (χ0) is 22.2. The van der Waals surface area contributed by atoms with E-state index >= 15 is 0 Å². The summed E-state index contributed by atoms with van der Waals surface area (Å²) in [5, 5.41) is 12.9. The molecular weight excluding hydrogens is 441 g/mol. The van der Waals surface area contributed by atoms with E-state index in [0.717, 1.165) is 37.8 Å². The third-order valence-corrected chi connectivity index (χ3v) is 7.29. The van der Waals surface area contributed by atoms with E-state index in [2.05, 4.69) is 20.9 Å². The lowest BCUT2D eigenvalue weighted by molar-refractivity contribution is -0.137. The lowest BCUT2D eigenvalue weighted by Crippen LogP contribution is -2.34. The molecule has 1 aliphatic heterocycles. The summed E-state index contributed by atoms with van der Waals surface area (Å²) in [6, 6.07) is 3.71. The monoisotopic (exact) mass is 466 g/mol. The number of hydrogen-bond acceptors (Lipinski definition) is 6. The molecule has 2 atom stereocenters. The number of carbonyl (C=O) groups excluding carboxylic acids is 1. The topological polar surface area (TPSA) is 100.0 Å². The molecule has 1 aromatic carbocycles. The SMILES string of the molecule is CCS(=O)(=O)CCCCCC[C@H]1N=N[C@H](NC(=O)Nc2cccc(C(F)(F)F)c2)S1. The zero-order valence-electron chi connectivity index (χ0n) is 16.5. The molecule has 0 unspecified atom stereocenters. The highest BCUT2D eigenvalue weighted by molar-refractivity contribution is 8.00. The van der Waals surface area contributed by atoms with Gasteiger partial charge in [0.25, 0.3) is 0 Å². The molecule has 2 N–H and O–H groups in total. The minimum Gasteiger partial charge on any atom is -0.308 e. The number of thioether (sulfide) groups is 1. The van der Waals surface area contributed by atoms with Crippen molar-refractivity contribution in [3.8, 4) is 0 Å². The lowest BCUT2D eigenvalue weighted by atomic mass is 10.1. The van der Waals surface area contributed by atoms with Crippen molar-refractivity contribution in [3.63, 3.8) is 0 Å². The summed E-state index contributed by atoms with van der Waals surface area (Å²) in [6.07, 6.45) is -0.501. The maximum atomic E-state index is 12.7. The van der Waals surface area contributed by atoms with Gasteiger partial charge >= 0.3 is 12.2 Å². The largest absolute Gasteiger partial charge is 0.416 e. The van der Waals surface area contributed by atoms with Gasteiger partial charge in [-0.25, -0.2) is 13.2 Å². The van der Waals surface area contributed by atoms with E-state index in [9.17, 15) is 26.4 Å². The molecule has 1 heterocycles. The molecule has 1 aliphatic rings. The van der Waals surface area contributed by atoms with Crippen LogP contribution in [0.5, 0.6) is 0 Å². The Bertz CT molecular complexity index is 847. The fourth-order valence-corrected chi connectivity index (χ4v) is 4.64. The third-order valence-electron chi connectivity index (χ3n) is 4.38. The number of halogens is 3. The summed E-state index contributed by atoms with van der Waals surface area (Å²) in [4.78, 5) is 12.0. The van der Waals surface area contributed by atoms with Crippen LogP contribution in [-0.4, -0.2) is 36.8 Å². The van der Waals surface area contributed by atoms with Crippen molar-refractivity contribution in [2.45, 2.75) is 56.1 Å². The van der Waals surface area contributed by atoms with Gasteiger partial charge in [0.1, 0.15) is 15.2 Å². The number of urea groups is 1. The van der Waals surface area contributed by atoms with E-state index in [-0.39, 0.29) is 22.6 Å². The summed E-state index contributed by atoms with van der Waals surface area (Å²) < 4.78 is 61.0. The number of nitrogens with zero attached hydrogens (tertiary/aromatic N) is 2. The Labute approximate surface area is 178 Å². The average Bonchev–Trinajstić information content (AvgIpc) is 3.11. The number of carbonyl (C=O) groups is 1. The Kier molecular flexibility index (Phi) is 8.95. The smallest absolute Gasteiger partial charge is 0.308 e. The Balaban J connectivity index is 1.65. The van der Waals surface area contributed by atoms with Gasteiger partial charge < -0.3 is 10.6 Å². The van der Waals surface area contributed by atoms with Crippen LogP contribution >= 0.6 is 11.8 Å². The van der Waals surface area contributed by atoms with Gasteiger partial charge in [-0.05, 0) is 31.0 Å². The summed E-state index contributed by atoms with van der Waals surface area (Å²) in [7, 11) is -2.91. The van der Waals surface area contributed by atoms with Crippen molar-refractivity contribution < 1.29 is 26.4 Å².